The van der Waals surface area contributed by atoms with Gasteiger partial charge in [-0.1, -0.05) is 13.0 Å². The molecule has 0 amide bonds. The second-order valence-corrected chi connectivity index (χ2v) is 3.11. The zero-order valence-electron chi connectivity index (χ0n) is 8.25. The fourth-order valence-corrected chi connectivity index (χ4v) is 1.14. The third-order valence-electron chi connectivity index (χ3n) is 1.77. The van der Waals surface area contributed by atoms with Gasteiger partial charge in [0.15, 0.2) is 0 Å². The highest BCUT2D eigenvalue weighted by molar-refractivity contribution is 5.20. The van der Waals surface area contributed by atoms with Gasteiger partial charge in [0.1, 0.15) is 0 Å². The van der Waals surface area contributed by atoms with Crippen molar-refractivity contribution in [3.05, 3.63) is 24.0 Å². The van der Waals surface area contributed by atoms with E-state index in [4.69, 9.17) is 9.57 Å². The van der Waals surface area contributed by atoms with Crippen LogP contribution < -0.4 is 5.48 Å². The SMILES string of the molecule is CCO/C=C\C1=CC(C)CONC1. The van der Waals surface area contributed by atoms with Crippen LogP contribution in [0.3, 0.4) is 0 Å². The first kappa shape index (κ1) is 10.3. The molecule has 1 aliphatic rings. The van der Waals surface area contributed by atoms with Crippen molar-refractivity contribution in [1.82, 2.24) is 5.48 Å². The van der Waals surface area contributed by atoms with E-state index >= 15 is 0 Å². The van der Waals surface area contributed by atoms with Gasteiger partial charge in [0.05, 0.1) is 19.5 Å². The summed E-state index contributed by atoms with van der Waals surface area (Å²) in [5.41, 5.74) is 4.09. The van der Waals surface area contributed by atoms with E-state index in [1.807, 2.05) is 13.0 Å². The second-order valence-electron chi connectivity index (χ2n) is 3.11. The van der Waals surface area contributed by atoms with Crippen molar-refractivity contribution in [3.63, 3.8) is 0 Å². The van der Waals surface area contributed by atoms with Crippen LogP contribution in [0.2, 0.25) is 0 Å². The summed E-state index contributed by atoms with van der Waals surface area (Å²) in [7, 11) is 0. The summed E-state index contributed by atoms with van der Waals surface area (Å²) in [4.78, 5) is 5.17. The molecule has 1 heterocycles. The summed E-state index contributed by atoms with van der Waals surface area (Å²) < 4.78 is 5.12. The molecule has 3 heteroatoms. The Balaban J connectivity index is 2.45. The minimum atomic E-state index is 0.455. The van der Waals surface area contributed by atoms with Gasteiger partial charge in [-0.2, -0.15) is 5.48 Å². The maximum absolute atomic E-state index is 5.17. The molecule has 0 saturated heterocycles. The molecule has 0 bridgehead atoms. The maximum atomic E-state index is 5.17. The predicted octanol–water partition coefficient (Wildman–Crippen LogP) is 1.63. The highest BCUT2D eigenvalue weighted by atomic mass is 16.6. The lowest BCUT2D eigenvalue weighted by Gasteiger charge is -2.01. The highest BCUT2D eigenvalue weighted by Crippen LogP contribution is 2.07. The average Bonchev–Trinajstić information content (AvgIpc) is 2.31. The normalized spacial score (nSPS) is 24.2. The van der Waals surface area contributed by atoms with E-state index in [0.717, 1.165) is 13.2 Å². The fourth-order valence-electron chi connectivity index (χ4n) is 1.14. The molecular formula is C10H17NO2. The summed E-state index contributed by atoms with van der Waals surface area (Å²) >= 11 is 0. The molecule has 13 heavy (non-hydrogen) atoms. The maximum Gasteiger partial charge on any atom is 0.0845 e. The minimum absolute atomic E-state index is 0.455. The summed E-state index contributed by atoms with van der Waals surface area (Å²) in [6.07, 6.45) is 5.89. The Labute approximate surface area is 79.4 Å². The van der Waals surface area contributed by atoms with Crippen molar-refractivity contribution < 1.29 is 9.57 Å². The van der Waals surface area contributed by atoms with Gasteiger partial charge in [0.25, 0.3) is 0 Å². The van der Waals surface area contributed by atoms with Gasteiger partial charge in [-0.25, -0.2) is 0 Å². The first-order valence-electron chi connectivity index (χ1n) is 4.66. The standard InChI is InChI=1S/C10H17NO2/c1-3-12-5-4-10-6-9(2)8-13-11-7-10/h4-6,9,11H,3,7-8H2,1-2H3/b5-4-. The quantitative estimate of drug-likeness (QED) is 0.675. The molecule has 0 aromatic rings. The second kappa shape index (κ2) is 5.78. The third-order valence-corrected chi connectivity index (χ3v) is 1.77. The van der Waals surface area contributed by atoms with Gasteiger partial charge in [0.2, 0.25) is 0 Å². The van der Waals surface area contributed by atoms with Crippen LogP contribution in [0.15, 0.2) is 24.0 Å². The Morgan fingerprint density at radius 2 is 2.62 bits per heavy atom. The molecule has 0 saturated carbocycles. The smallest absolute Gasteiger partial charge is 0.0845 e. The van der Waals surface area contributed by atoms with E-state index in [-0.39, 0.29) is 0 Å². The zero-order chi connectivity index (χ0) is 9.52. The van der Waals surface area contributed by atoms with E-state index in [2.05, 4.69) is 18.5 Å². The van der Waals surface area contributed by atoms with E-state index in [1.54, 1.807) is 6.26 Å². The fraction of sp³-hybridized carbons (Fsp3) is 0.600. The molecule has 0 fully saturated rings. The van der Waals surface area contributed by atoms with Crippen LogP contribution in [0.1, 0.15) is 13.8 Å². The number of hydrogen-bond acceptors (Lipinski definition) is 3. The van der Waals surface area contributed by atoms with E-state index in [9.17, 15) is 0 Å². The van der Waals surface area contributed by atoms with Gasteiger partial charge in [-0.15, -0.1) is 0 Å². The highest BCUT2D eigenvalue weighted by Gasteiger charge is 2.05. The Morgan fingerprint density at radius 1 is 1.77 bits per heavy atom. The van der Waals surface area contributed by atoms with E-state index in [1.165, 1.54) is 5.57 Å². The monoisotopic (exact) mass is 183 g/mol. The van der Waals surface area contributed by atoms with E-state index < -0.39 is 0 Å². The van der Waals surface area contributed by atoms with Crippen LogP contribution in [-0.2, 0) is 9.57 Å². The summed E-state index contributed by atoms with van der Waals surface area (Å²) in [5, 5.41) is 0. The Kier molecular flexibility index (Phi) is 4.57. The summed E-state index contributed by atoms with van der Waals surface area (Å²) in [5.74, 6) is 0.455. The Bertz CT molecular complexity index is 199. The van der Waals surface area contributed by atoms with Crippen LogP contribution in [0.4, 0.5) is 0 Å². The number of ether oxygens (including phenoxy) is 1. The van der Waals surface area contributed by atoms with E-state index in [0.29, 0.717) is 12.5 Å². The van der Waals surface area contributed by atoms with Crippen molar-refractivity contribution in [3.8, 4) is 0 Å². The van der Waals surface area contributed by atoms with Crippen LogP contribution in [0.5, 0.6) is 0 Å². The van der Waals surface area contributed by atoms with Crippen LogP contribution in [-0.4, -0.2) is 19.8 Å². The van der Waals surface area contributed by atoms with Crippen LogP contribution >= 0.6 is 0 Å². The first-order chi connectivity index (χ1) is 6.33. The van der Waals surface area contributed by atoms with Gasteiger partial charge in [-0.05, 0) is 24.5 Å². The van der Waals surface area contributed by atoms with Crippen molar-refractivity contribution in [2.75, 3.05) is 19.8 Å². The molecular weight excluding hydrogens is 166 g/mol. The number of hydrogen-bond donors (Lipinski definition) is 1. The molecule has 0 radical (unpaired) electrons. The molecule has 3 nitrogen and oxygen atoms in total. The minimum Gasteiger partial charge on any atom is -0.501 e. The van der Waals surface area contributed by atoms with Gasteiger partial charge < -0.3 is 9.57 Å². The molecule has 1 atom stereocenters. The topological polar surface area (TPSA) is 30.5 Å². The zero-order valence-corrected chi connectivity index (χ0v) is 8.25. The lowest BCUT2D eigenvalue weighted by molar-refractivity contribution is 0.0397. The Morgan fingerprint density at radius 3 is 3.38 bits per heavy atom. The molecule has 1 rings (SSSR count). The molecule has 0 aliphatic carbocycles. The molecule has 1 unspecified atom stereocenters. The Hall–Kier alpha value is -0.800. The average molecular weight is 183 g/mol. The van der Waals surface area contributed by atoms with Gasteiger partial charge >= 0.3 is 0 Å². The van der Waals surface area contributed by atoms with Crippen LogP contribution in [0.25, 0.3) is 0 Å². The molecule has 0 aromatic heterocycles. The van der Waals surface area contributed by atoms with Gasteiger partial charge in [-0.3, -0.25) is 0 Å². The van der Waals surface area contributed by atoms with Crippen molar-refractivity contribution >= 4 is 0 Å². The van der Waals surface area contributed by atoms with Crippen molar-refractivity contribution in [2.45, 2.75) is 13.8 Å². The lowest BCUT2D eigenvalue weighted by atomic mass is 10.1. The van der Waals surface area contributed by atoms with Crippen molar-refractivity contribution in [2.24, 2.45) is 5.92 Å². The summed E-state index contributed by atoms with van der Waals surface area (Å²) in [6.45, 7) is 6.28. The number of nitrogens with one attached hydrogen (secondary N) is 1. The predicted molar refractivity (Wildman–Crippen MR) is 52.0 cm³/mol. The number of hydroxylamine groups is 1. The van der Waals surface area contributed by atoms with Crippen molar-refractivity contribution in [1.29, 1.82) is 0 Å². The lowest BCUT2D eigenvalue weighted by Crippen LogP contribution is -2.16. The molecule has 0 aromatic carbocycles. The number of rotatable bonds is 3. The first-order valence-corrected chi connectivity index (χ1v) is 4.66. The molecule has 74 valence electrons. The molecule has 1 aliphatic heterocycles. The van der Waals surface area contributed by atoms with Crippen LogP contribution in [0, 0.1) is 5.92 Å². The third kappa shape index (κ3) is 4.10. The summed E-state index contributed by atoms with van der Waals surface area (Å²) in [6, 6.07) is 0. The van der Waals surface area contributed by atoms with Gasteiger partial charge in [0, 0.05) is 6.54 Å². The molecule has 1 N–H and O–H groups in total. The largest absolute Gasteiger partial charge is 0.501 e. The molecule has 0 spiro atoms.